The number of nitrogens with one attached hydrogen (secondary N) is 1. The van der Waals surface area contributed by atoms with E-state index in [0.717, 1.165) is 35.2 Å². The molecular weight excluding hydrogens is 452 g/mol. The smallest absolute Gasteiger partial charge is 0.251 e. The molecule has 0 radical (unpaired) electrons. The minimum atomic E-state index is -0.0430. The van der Waals surface area contributed by atoms with Crippen molar-refractivity contribution in [2.75, 3.05) is 26.2 Å². The molecule has 0 spiro atoms. The summed E-state index contributed by atoms with van der Waals surface area (Å²) < 4.78 is 1.78. The largest absolute Gasteiger partial charge is 0.352 e. The average Bonchev–Trinajstić information content (AvgIpc) is 3.57. The molecule has 0 unspecified atom stereocenters. The first-order chi connectivity index (χ1) is 17.7. The summed E-state index contributed by atoms with van der Waals surface area (Å²) in [7, 11) is 0. The topological polar surface area (TPSA) is 101 Å². The van der Waals surface area contributed by atoms with Crippen LogP contribution in [0.4, 0.5) is 5.82 Å². The molecule has 9 heteroatoms. The maximum absolute atomic E-state index is 12.4. The number of amides is 1. The lowest BCUT2D eigenvalue weighted by Crippen LogP contribution is -2.28. The van der Waals surface area contributed by atoms with Crippen molar-refractivity contribution in [2.24, 2.45) is 10.2 Å². The fraction of sp³-hybridized carbons (Fsp3) is 0.333. The van der Waals surface area contributed by atoms with Crippen molar-refractivity contribution in [1.29, 1.82) is 0 Å². The Morgan fingerprint density at radius 3 is 2.72 bits per heavy atom. The molecule has 1 fully saturated rings. The number of hydrogen-bond acceptors (Lipinski definition) is 7. The maximum atomic E-state index is 12.4. The lowest BCUT2D eigenvalue weighted by Gasteiger charge is -2.14. The number of aryl methyl sites for hydroxylation is 1. The quantitative estimate of drug-likeness (QED) is 0.277. The van der Waals surface area contributed by atoms with E-state index >= 15 is 0 Å². The van der Waals surface area contributed by atoms with Gasteiger partial charge in [-0.3, -0.25) is 4.79 Å². The van der Waals surface area contributed by atoms with Gasteiger partial charge in [-0.1, -0.05) is 24.3 Å². The van der Waals surface area contributed by atoms with E-state index in [2.05, 4.69) is 35.5 Å². The Kier molecular flexibility index (Phi) is 7.37. The molecule has 0 bridgehead atoms. The summed E-state index contributed by atoms with van der Waals surface area (Å²) in [5.74, 6) is 0.433. The molecule has 1 saturated heterocycles. The molecule has 1 aliphatic rings. The molecule has 1 amide bonds. The molecule has 2 aromatic heterocycles. The van der Waals surface area contributed by atoms with Gasteiger partial charge >= 0.3 is 0 Å². The van der Waals surface area contributed by atoms with Crippen LogP contribution in [0.2, 0.25) is 0 Å². The van der Waals surface area contributed by atoms with Crippen LogP contribution >= 0.6 is 0 Å². The van der Waals surface area contributed by atoms with Crippen molar-refractivity contribution in [3.05, 3.63) is 77.7 Å². The van der Waals surface area contributed by atoms with E-state index in [0.29, 0.717) is 30.1 Å². The summed E-state index contributed by atoms with van der Waals surface area (Å²) in [6.45, 7) is 6.54. The van der Waals surface area contributed by atoms with Gasteiger partial charge in [0.25, 0.3) is 5.91 Å². The number of rotatable bonds is 9. The number of nitrogens with zero attached hydrogens (tertiary/aromatic N) is 7. The van der Waals surface area contributed by atoms with Crippen molar-refractivity contribution in [3.63, 3.8) is 0 Å². The Morgan fingerprint density at radius 1 is 1.08 bits per heavy atom. The minimum absolute atomic E-state index is 0.0430. The van der Waals surface area contributed by atoms with Gasteiger partial charge in [-0.05, 0) is 81.2 Å². The molecule has 9 nitrogen and oxygen atoms in total. The van der Waals surface area contributed by atoms with Gasteiger partial charge in [0.05, 0.1) is 23.8 Å². The molecule has 1 aliphatic heterocycles. The van der Waals surface area contributed by atoms with Gasteiger partial charge in [-0.15, -0.1) is 5.11 Å². The molecule has 0 saturated carbocycles. The lowest BCUT2D eigenvalue weighted by molar-refractivity contribution is 0.0952. The van der Waals surface area contributed by atoms with Crippen LogP contribution in [-0.4, -0.2) is 56.7 Å². The summed E-state index contributed by atoms with van der Waals surface area (Å²) in [5, 5.41) is 16.9. The van der Waals surface area contributed by atoms with Gasteiger partial charge in [0.15, 0.2) is 11.5 Å². The third-order valence-electron chi connectivity index (χ3n) is 6.36. The zero-order valence-corrected chi connectivity index (χ0v) is 20.5. The normalized spacial score (nSPS) is 14.1. The highest BCUT2D eigenvalue weighted by Gasteiger charge is 2.12. The second-order valence-corrected chi connectivity index (χ2v) is 9.08. The number of likely N-dealkylation sites (tertiary alicyclic amines) is 1. The predicted molar refractivity (Wildman–Crippen MR) is 139 cm³/mol. The summed E-state index contributed by atoms with van der Waals surface area (Å²) in [4.78, 5) is 23.5. The highest BCUT2D eigenvalue weighted by Crippen LogP contribution is 2.24. The number of azo groups is 1. The van der Waals surface area contributed by atoms with E-state index in [1.54, 1.807) is 10.9 Å². The maximum Gasteiger partial charge on any atom is 0.251 e. The first kappa shape index (κ1) is 23.7. The molecule has 184 valence electrons. The number of carbonyl (C=O) groups is 1. The van der Waals surface area contributed by atoms with Crippen LogP contribution in [0.15, 0.2) is 71.3 Å². The van der Waals surface area contributed by atoms with Crippen LogP contribution in [0.5, 0.6) is 0 Å². The monoisotopic (exact) mass is 482 g/mol. The van der Waals surface area contributed by atoms with Crippen molar-refractivity contribution in [3.8, 4) is 5.69 Å². The number of fused-ring (bicyclic) bond motifs is 1. The summed E-state index contributed by atoms with van der Waals surface area (Å²) in [6, 6.07) is 15.5. The second-order valence-electron chi connectivity index (χ2n) is 9.08. The van der Waals surface area contributed by atoms with E-state index in [1.165, 1.54) is 32.3 Å². The second kappa shape index (κ2) is 11.2. The zero-order chi connectivity index (χ0) is 24.7. The first-order valence-electron chi connectivity index (χ1n) is 12.4. The summed E-state index contributed by atoms with van der Waals surface area (Å²) in [5.41, 5.74) is 4.37. The van der Waals surface area contributed by atoms with Gasteiger partial charge < -0.3 is 10.2 Å². The Balaban J connectivity index is 1.17. The fourth-order valence-corrected chi connectivity index (χ4v) is 4.42. The number of carbonyl (C=O) groups excluding carboxylic acids is 1. The van der Waals surface area contributed by atoms with Crippen LogP contribution < -0.4 is 5.32 Å². The lowest BCUT2D eigenvalue weighted by atomic mass is 10.1. The molecule has 3 heterocycles. The molecule has 4 aromatic rings. The van der Waals surface area contributed by atoms with Crippen LogP contribution in [0.25, 0.3) is 16.7 Å². The van der Waals surface area contributed by atoms with Crippen LogP contribution in [0.1, 0.15) is 40.7 Å². The Morgan fingerprint density at radius 2 is 1.92 bits per heavy atom. The number of benzene rings is 2. The number of aromatic nitrogens is 4. The molecule has 2 aromatic carbocycles. The van der Waals surface area contributed by atoms with E-state index in [1.807, 2.05) is 55.5 Å². The van der Waals surface area contributed by atoms with Crippen LogP contribution in [0.3, 0.4) is 0 Å². The van der Waals surface area contributed by atoms with Crippen molar-refractivity contribution in [2.45, 2.75) is 32.7 Å². The Labute approximate surface area is 210 Å². The van der Waals surface area contributed by atoms with Crippen molar-refractivity contribution >= 4 is 22.8 Å². The van der Waals surface area contributed by atoms with Crippen LogP contribution in [0, 0.1) is 6.92 Å². The standard InChI is InChI=1S/C27H30N8O/c1-20-6-4-7-23(16-20)35-26-24(18-32-35)25(29-19-30-26)33-31-17-21-8-10-22(11-9-21)27(36)28-12-5-15-34-13-2-3-14-34/h4,6-11,16,18-19H,2-3,5,12-15,17H2,1H3,(H,28,36). The molecule has 0 atom stereocenters. The molecule has 36 heavy (non-hydrogen) atoms. The van der Waals surface area contributed by atoms with Gasteiger partial charge in [-0.2, -0.15) is 10.2 Å². The third-order valence-corrected chi connectivity index (χ3v) is 6.36. The highest BCUT2D eigenvalue weighted by atomic mass is 16.1. The third kappa shape index (κ3) is 5.63. The average molecular weight is 483 g/mol. The SMILES string of the molecule is Cc1cccc(-n2ncc3c(N=NCc4ccc(C(=O)NCCCN5CCCC5)cc4)ncnc32)c1. The summed E-state index contributed by atoms with van der Waals surface area (Å²) in [6.07, 6.45) is 6.75. The van der Waals surface area contributed by atoms with Gasteiger partial charge in [0, 0.05) is 12.1 Å². The van der Waals surface area contributed by atoms with E-state index in [-0.39, 0.29) is 5.91 Å². The molecular formula is C27H30N8O. The van der Waals surface area contributed by atoms with Gasteiger partial charge in [0.2, 0.25) is 0 Å². The van der Waals surface area contributed by atoms with Crippen molar-refractivity contribution < 1.29 is 4.79 Å². The Hall–Kier alpha value is -3.98. The molecule has 0 aliphatic carbocycles. The van der Waals surface area contributed by atoms with E-state index in [9.17, 15) is 4.79 Å². The van der Waals surface area contributed by atoms with Crippen LogP contribution in [-0.2, 0) is 6.54 Å². The summed E-state index contributed by atoms with van der Waals surface area (Å²) >= 11 is 0. The molecule has 1 N–H and O–H groups in total. The van der Waals surface area contributed by atoms with Gasteiger partial charge in [0.1, 0.15) is 6.33 Å². The van der Waals surface area contributed by atoms with Crippen molar-refractivity contribution in [1.82, 2.24) is 30.0 Å². The van der Waals surface area contributed by atoms with E-state index < -0.39 is 0 Å². The zero-order valence-electron chi connectivity index (χ0n) is 20.5. The molecule has 5 rings (SSSR count). The first-order valence-corrected chi connectivity index (χ1v) is 12.4. The fourth-order valence-electron chi connectivity index (χ4n) is 4.42. The minimum Gasteiger partial charge on any atom is -0.352 e. The highest BCUT2D eigenvalue weighted by molar-refractivity contribution is 5.94. The Bertz CT molecular complexity index is 1360. The predicted octanol–water partition coefficient (Wildman–Crippen LogP) is 4.62. The van der Waals surface area contributed by atoms with E-state index in [4.69, 9.17) is 0 Å². The van der Waals surface area contributed by atoms with Gasteiger partial charge in [-0.25, -0.2) is 14.6 Å². The number of hydrogen-bond donors (Lipinski definition) is 1.